The summed E-state index contributed by atoms with van der Waals surface area (Å²) in [6.45, 7) is 7.80. The molecule has 3 amide bonds. The lowest BCUT2D eigenvalue weighted by Crippen LogP contribution is -2.57. The van der Waals surface area contributed by atoms with Crippen LogP contribution < -0.4 is 10.6 Å². The summed E-state index contributed by atoms with van der Waals surface area (Å²) in [7, 11) is 0. The number of thiazole rings is 1. The molecular weight excluding hydrogens is 502 g/mol. The number of carbonyl (C=O) groups excluding carboxylic acids is 3. The second-order valence-electron chi connectivity index (χ2n) is 10.6. The number of benzene rings is 1. The van der Waals surface area contributed by atoms with Crippen LogP contribution in [0.2, 0.25) is 0 Å². The van der Waals surface area contributed by atoms with Gasteiger partial charge < -0.3 is 20.6 Å². The van der Waals surface area contributed by atoms with Gasteiger partial charge in [0, 0.05) is 25.7 Å². The molecule has 38 heavy (non-hydrogen) atoms. The molecule has 9 nitrogen and oxygen atoms in total. The number of β-amino-alcohol motifs (C(OH)–C–C–N with tert-alkyl or cyclic N) is 1. The number of hydrogen-bond donors (Lipinski definition) is 3. The number of nitrogens with one attached hydrogen (secondary N) is 2. The molecule has 3 heterocycles. The molecule has 1 aromatic carbocycles. The van der Waals surface area contributed by atoms with Crippen molar-refractivity contribution in [2.45, 2.75) is 58.8 Å². The van der Waals surface area contributed by atoms with E-state index >= 15 is 0 Å². The summed E-state index contributed by atoms with van der Waals surface area (Å²) in [6, 6.07) is 11.1. The molecule has 0 unspecified atom stereocenters. The van der Waals surface area contributed by atoms with Gasteiger partial charge in [-0.05, 0) is 35.6 Å². The third kappa shape index (κ3) is 6.25. The lowest BCUT2D eigenvalue weighted by Gasteiger charge is -2.35. The molecule has 3 N–H and O–H groups in total. The van der Waals surface area contributed by atoms with E-state index in [0.29, 0.717) is 0 Å². The third-order valence-electron chi connectivity index (χ3n) is 6.58. The SMILES string of the molecule is Cc1ncsc1-c1ccc(CNC(=O)[C@@H]2C[C@@H](O)CN2C(=O)[C@@H](NC(=O)c2ccccn2)C(C)(C)C)cc1. The Morgan fingerprint density at radius 3 is 2.47 bits per heavy atom. The van der Waals surface area contributed by atoms with Gasteiger partial charge in [-0.1, -0.05) is 51.1 Å². The molecule has 2 aromatic heterocycles. The average molecular weight is 536 g/mol. The smallest absolute Gasteiger partial charge is 0.270 e. The highest BCUT2D eigenvalue weighted by Gasteiger charge is 2.44. The largest absolute Gasteiger partial charge is 0.391 e. The van der Waals surface area contributed by atoms with E-state index in [1.54, 1.807) is 29.5 Å². The Kier molecular flexibility index (Phi) is 8.23. The minimum Gasteiger partial charge on any atom is -0.391 e. The van der Waals surface area contributed by atoms with Gasteiger partial charge in [-0.3, -0.25) is 19.4 Å². The van der Waals surface area contributed by atoms with Crippen molar-refractivity contribution in [3.63, 3.8) is 0 Å². The van der Waals surface area contributed by atoms with Gasteiger partial charge in [-0.25, -0.2) is 4.98 Å². The number of carbonyl (C=O) groups is 3. The maximum atomic E-state index is 13.7. The summed E-state index contributed by atoms with van der Waals surface area (Å²) in [5.41, 5.74) is 4.32. The molecule has 1 aliphatic rings. The summed E-state index contributed by atoms with van der Waals surface area (Å²) in [4.78, 5) is 50.5. The zero-order valence-electron chi connectivity index (χ0n) is 22.0. The fraction of sp³-hybridized carbons (Fsp3) is 0.393. The molecule has 0 bridgehead atoms. The van der Waals surface area contributed by atoms with E-state index in [0.717, 1.165) is 21.7 Å². The minimum atomic E-state index is -0.916. The number of aliphatic hydroxyl groups excluding tert-OH is 1. The van der Waals surface area contributed by atoms with Gasteiger partial charge in [0.2, 0.25) is 11.8 Å². The summed E-state index contributed by atoms with van der Waals surface area (Å²) >= 11 is 1.58. The number of aliphatic hydroxyl groups is 1. The van der Waals surface area contributed by atoms with Crippen molar-refractivity contribution in [2.75, 3.05) is 6.54 Å². The molecule has 200 valence electrons. The first kappa shape index (κ1) is 27.4. The Labute approximate surface area is 226 Å². The second-order valence-corrected chi connectivity index (χ2v) is 11.4. The van der Waals surface area contributed by atoms with Crippen molar-refractivity contribution in [3.05, 3.63) is 71.1 Å². The van der Waals surface area contributed by atoms with Gasteiger partial charge in [-0.15, -0.1) is 11.3 Å². The summed E-state index contributed by atoms with van der Waals surface area (Å²) in [5.74, 6) is -1.24. The number of amides is 3. The van der Waals surface area contributed by atoms with Gasteiger partial charge in [0.15, 0.2) is 0 Å². The number of hydrogen-bond acceptors (Lipinski definition) is 7. The Hall–Kier alpha value is -3.63. The van der Waals surface area contributed by atoms with Gasteiger partial charge in [0.1, 0.15) is 17.8 Å². The van der Waals surface area contributed by atoms with Gasteiger partial charge >= 0.3 is 0 Å². The van der Waals surface area contributed by atoms with Crippen molar-refractivity contribution in [3.8, 4) is 10.4 Å². The van der Waals surface area contributed by atoms with Crippen LogP contribution in [0.25, 0.3) is 10.4 Å². The molecular formula is C28H33N5O4S. The van der Waals surface area contributed by atoms with Crippen molar-refractivity contribution in [1.29, 1.82) is 0 Å². The molecule has 3 atom stereocenters. The second kappa shape index (κ2) is 11.4. The van der Waals surface area contributed by atoms with Crippen LogP contribution in [0.15, 0.2) is 54.2 Å². The number of pyridine rings is 1. The van der Waals surface area contributed by atoms with Gasteiger partial charge in [0.25, 0.3) is 5.91 Å². The highest BCUT2D eigenvalue weighted by Crippen LogP contribution is 2.28. The predicted molar refractivity (Wildman–Crippen MR) is 145 cm³/mol. The molecule has 1 saturated heterocycles. The highest BCUT2D eigenvalue weighted by atomic mass is 32.1. The van der Waals surface area contributed by atoms with Crippen molar-refractivity contribution >= 4 is 29.1 Å². The summed E-state index contributed by atoms with van der Waals surface area (Å²) in [6.07, 6.45) is 0.809. The van der Waals surface area contributed by atoms with Crippen molar-refractivity contribution in [1.82, 2.24) is 25.5 Å². The fourth-order valence-corrected chi connectivity index (χ4v) is 5.29. The van der Waals surface area contributed by atoms with E-state index in [4.69, 9.17) is 0 Å². The Balaban J connectivity index is 1.43. The zero-order valence-corrected chi connectivity index (χ0v) is 22.8. The number of aromatic nitrogens is 2. The first-order valence-corrected chi connectivity index (χ1v) is 13.4. The number of rotatable bonds is 7. The predicted octanol–water partition coefficient (Wildman–Crippen LogP) is 2.94. The normalized spacial score (nSPS) is 18.2. The maximum Gasteiger partial charge on any atom is 0.270 e. The molecule has 10 heteroatoms. The Bertz CT molecular complexity index is 1290. The van der Waals surface area contributed by atoms with E-state index in [9.17, 15) is 19.5 Å². The summed E-state index contributed by atoms with van der Waals surface area (Å²) in [5, 5.41) is 16.1. The molecule has 0 aliphatic carbocycles. The maximum absolute atomic E-state index is 13.7. The fourth-order valence-electron chi connectivity index (χ4n) is 4.48. The first-order valence-electron chi connectivity index (χ1n) is 12.5. The standard InChI is InChI=1S/C28H33N5O4S/c1-17-23(38-16-31-17)19-10-8-18(9-11-19)14-30-26(36)22-13-20(34)15-33(22)27(37)24(28(2,3)4)32-25(35)21-7-5-6-12-29-21/h5-12,16,20,22,24,34H,13-15H2,1-4H3,(H,30,36)(H,32,35)/t20-,22+,24-/m1/s1. The summed E-state index contributed by atoms with van der Waals surface area (Å²) < 4.78 is 0. The topological polar surface area (TPSA) is 125 Å². The van der Waals surface area contributed by atoms with Crippen LogP contribution in [-0.2, 0) is 16.1 Å². The van der Waals surface area contributed by atoms with E-state index < -0.39 is 35.4 Å². The van der Waals surface area contributed by atoms with E-state index in [-0.39, 0.29) is 31.1 Å². The molecule has 0 spiro atoms. The molecule has 1 aliphatic heterocycles. The Morgan fingerprint density at radius 2 is 1.87 bits per heavy atom. The van der Waals surface area contributed by atoms with Crippen LogP contribution in [0.3, 0.4) is 0 Å². The molecule has 3 aromatic rings. The van der Waals surface area contributed by atoms with Crippen molar-refractivity contribution in [2.24, 2.45) is 5.41 Å². The number of nitrogens with zero attached hydrogens (tertiary/aromatic N) is 3. The van der Waals surface area contributed by atoms with Crippen LogP contribution in [0.1, 0.15) is 48.9 Å². The Morgan fingerprint density at radius 1 is 1.13 bits per heavy atom. The quantitative estimate of drug-likeness (QED) is 0.427. The zero-order chi connectivity index (χ0) is 27.4. The average Bonchev–Trinajstić information content (AvgIpc) is 3.50. The van der Waals surface area contributed by atoms with Crippen LogP contribution >= 0.6 is 11.3 Å². The van der Waals surface area contributed by atoms with E-state index in [2.05, 4.69) is 20.6 Å². The molecule has 0 saturated carbocycles. The van der Waals surface area contributed by atoms with Crippen LogP contribution in [0.4, 0.5) is 0 Å². The third-order valence-corrected chi connectivity index (χ3v) is 7.56. The van der Waals surface area contributed by atoms with Crippen LogP contribution in [0, 0.1) is 12.3 Å². The monoisotopic (exact) mass is 535 g/mol. The molecule has 0 radical (unpaired) electrons. The number of aryl methyl sites for hydroxylation is 1. The van der Waals surface area contributed by atoms with Gasteiger partial charge in [0.05, 0.1) is 22.2 Å². The molecule has 4 rings (SSSR count). The minimum absolute atomic E-state index is 0.0197. The highest BCUT2D eigenvalue weighted by molar-refractivity contribution is 7.13. The van der Waals surface area contributed by atoms with Crippen LogP contribution in [-0.4, -0.2) is 62.4 Å². The lowest BCUT2D eigenvalue weighted by molar-refractivity contribution is -0.142. The van der Waals surface area contributed by atoms with E-state index in [1.165, 1.54) is 11.1 Å². The lowest BCUT2D eigenvalue weighted by atomic mass is 9.85. The molecule has 1 fully saturated rings. The van der Waals surface area contributed by atoms with Crippen molar-refractivity contribution < 1.29 is 19.5 Å². The first-order chi connectivity index (χ1) is 18.0. The van der Waals surface area contributed by atoms with Gasteiger partial charge in [-0.2, -0.15) is 0 Å². The van der Waals surface area contributed by atoms with E-state index in [1.807, 2.05) is 57.5 Å². The number of likely N-dealkylation sites (tertiary alicyclic amines) is 1. The van der Waals surface area contributed by atoms with Crippen LogP contribution in [0.5, 0.6) is 0 Å².